The van der Waals surface area contributed by atoms with E-state index in [1.165, 1.54) is 0 Å². The van der Waals surface area contributed by atoms with Crippen LogP contribution >= 0.6 is 0 Å². The summed E-state index contributed by atoms with van der Waals surface area (Å²) < 4.78 is 0. The molecule has 2 aliphatic heterocycles. The molecule has 0 bridgehead atoms. The fourth-order valence-corrected chi connectivity index (χ4v) is 2.63. The molecule has 0 N–H and O–H groups in total. The highest BCUT2D eigenvalue weighted by molar-refractivity contribution is 5.78. The van der Waals surface area contributed by atoms with Crippen LogP contribution < -0.4 is 0 Å². The summed E-state index contributed by atoms with van der Waals surface area (Å²) in [5, 5.41) is 0. The second-order valence-electron chi connectivity index (χ2n) is 7.85. The summed E-state index contributed by atoms with van der Waals surface area (Å²) in [4.78, 5) is 28.2. The predicted octanol–water partition coefficient (Wildman–Crippen LogP) is 2.56. The molecule has 2 heterocycles. The lowest BCUT2D eigenvalue weighted by atomic mass is 10.1. The van der Waals surface area contributed by atoms with Crippen LogP contribution in [-0.2, 0) is 4.79 Å². The van der Waals surface area contributed by atoms with Gasteiger partial charge in [-0.25, -0.2) is 4.79 Å². The molecule has 2 rings (SSSR count). The van der Waals surface area contributed by atoms with Crippen LogP contribution in [-0.4, -0.2) is 64.4 Å². The summed E-state index contributed by atoms with van der Waals surface area (Å²) in [7, 11) is 1.84. The van der Waals surface area contributed by atoms with Gasteiger partial charge in [0.15, 0.2) is 0 Å². The first kappa shape index (κ1) is 17.8. The molecule has 2 fully saturated rings. The lowest BCUT2D eigenvalue weighted by molar-refractivity contribution is -0.131. The lowest BCUT2D eigenvalue weighted by Crippen LogP contribution is -2.43. The van der Waals surface area contributed by atoms with Gasteiger partial charge in [-0.3, -0.25) is 4.79 Å². The molecule has 0 atom stereocenters. The summed E-state index contributed by atoms with van der Waals surface area (Å²) in [6, 6.07) is 0.150. The Balaban J connectivity index is 0.000000211. The van der Waals surface area contributed by atoms with E-state index >= 15 is 0 Å². The molecule has 2 saturated heterocycles. The minimum atomic E-state index is -0.0259. The third kappa shape index (κ3) is 4.61. The van der Waals surface area contributed by atoms with Crippen molar-refractivity contribution in [1.82, 2.24) is 14.7 Å². The van der Waals surface area contributed by atoms with Gasteiger partial charge in [0, 0.05) is 44.2 Å². The van der Waals surface area contributed by atoms with Crippen molar-refractivity contribution >= 4 is 11.9 Å². The minimum absolute atomic E-state index is 0.0259. The Kier molecular flexibility index (Phi) is 5.29. The highest BCUT2D eigenvalue weighted by Gasteiger charge is 2.33. The molecule has 2 aliphatic rings. The molecule has 0 radical (unpaired) electrons. The highest BCUT2D eigenvalue weighted by Crippen LogP contribution is 2.21. The van der Waals surface area contributed by atoms with Crippen LogP contribution in [0.5, 0.6) is 0 Å². The second-order valence-corrected chi connectivity index (χ2v) is 7.85. The molecule has 0 unspecified atom stereocenters. The number of likely N-dealkylation sites (N-methyl/N-ethyl adjacent to an activating group) is 1. The molecule has 5 heteroatoms. The van der Waals surface area contributed by atoms with E-state index < -0.39 is 0 Å². The van der Waals surface area contributed by atoms with Gasteiger partial charge < -0.3 is 14.7 Å². The topological polar surface area (TPSA) is 43.9 Å². The Hall–Kier alpha value is -1.26. The smallest absolute Gasteiger partial charge is 0.320 e. The molecule has 0 aromatic carbocycles. The van der Waals surface area contributed by atoms with E-state index in [0.29, 0.717) is 5.91 Å². The number of carbonyl (C=O) groups excluding carboxylic acids is 2. The van der Waals surface area contributed by atoms with Gasteiger partial charge in [-0.15, -0.1) is 0 Å². The number of rotatable bonds is 0. The Morgan fingerprint density at radius 3 is 1.52 bits per heavy atom. The summed E-state index contributed by atoms with van der Waals surface area (Å²) in [6.45, 7) is 15.1. The SMILES string of the molecule is CC(C)(C)N1CCCC1=O.CN1CCN(C(C)(C)C)C1=O. The quantitative estimate of drug-likeness (QED) is 0.690. The number of urea groups is 1. The van der Waals surface area contributed by atoms with Gasteiger partial charge in [-0.05, 0) is 48.0 Å². The maximum absolute atomic E-state index is 11.4. The van der Waals surface area contributed by atoms with Crippen LogP contribution in [0.4, 0.5) is 4.79 Å². The number of hydrogen-bond acceptors (Lipinski definition) is 2. The Bertz CT molecular complexity index is 393. The molecular weight excluding hydrogens is 266 g/mol. The third-order valence-electron chi connectivity index (χ3n) is 3.91. The summed E-state index contributed by atoms with van der Waals surface area (Å²) in [6.07, 6.45) is 1.79. The van der Waals surface area contributed by atoms with Gasteiger partial charge in [0.1, 0.15) is 0 Å². The number of hydrogen-bond donors (Lipinski definition) is 0. The number of carbonyl (C=O) groups is 2. The fraction of sp³-hybridized carbons (Fsp3) is 0.875. The van der Waals surface area contributed by atoms with Crippen molar-refractivity contribution in [3.05, 3.63) is 0 Å². The van der Waals surface area contributed by atoms with Gasteiger partial charge in [-0.2, -0.15) is 0 Å². The third-order valence-corrected chi connectivity index (χ3v) is 3.91. The van der Waals surface area contributed by atoms with E-state index in [1.54, 1.807) is 4.90 Å². The summed E-state index contributed by atoms with van der Waals surface area (Å²) >= 11 is 0. The molecule has 0 aromatic heterocycles. The monoisotopic (exact) mass is 297 g/mol. The predicted molar refractivity (Wildman–Crippen MR) is 85.2 cm³/mol. The number of likely N-dealkylation sites (tertiary alicyclic amines) is 1. The Labute approximate surface area is 129 Å². The first-order valence-electron chi connectivity index (χ1n) is 7.78. The van der Waals surface area contributed by atoms with Gasteiger partial charge in [0.25, 0.3) is 0 Å². The fourth-order valence-electron chi connectivity index (χ4n) is 2.63. The molecule has 0 spiro atoms. The Morgan fingerprint density at radius 1 is 0.810 bits per heavy atom. The lowest BCUT2D eigenvalue weighted by Gasteiger charge is -2.31. The number of amides is 3. The van der Waals surface area contributed by atoms with Crippen molar-refractivity contribution in [2.75, 3.05) is 26.7 Å². The van der Waals surface area contributed by atoms with Crippen LogP contribution in [0.15, 0.2) is 0 Å². The van der Waals surface area contributed by atoms with Crippen LogP contribution in [0.25, 0.3) is 0 Å². The maximum Gasteiger partial charge on any atom is 0.320 e. The number of nitrogens with zero attached hydrogens (tertiary/aromatic N) is 3. The maximum atomic E-state index is 11.4. The van der Waals surface area contributed by atoms with Gasteiger partial charge in [-0.1, -0.05) is 0 Å². The van der Waals surface area contributed by atoms with Crippen molar-refractivity contribution in [1.29, 1.82) is 0 Å². The van der Waals surface area contributed by atoms with Crippen LogP contribution in [0.2, 0.25) is 0 Å². The van der Waals surface area contributed by atoms with E-state index in [4.69, 9.17) is 0 Å². The average molecular weight is 297 g/mol. The standard InChI is InChI=1S/C8H16N2O.C8H15NO/c1-8(2,3)10-6-5-9(4)7(10)11;1-8(2,3)9-6-4-5-7(9)10/h5-6H2,1-4H3;4-6H2,1-3H3. The summed E-state index contributed by atoms with van der Waals surface area (Å²) in [5.74, 6) is 0.313. The zero-order valence-corrected chi connectivity index (χ0v) is 14.7. The van der Waals surface area contributed by atoms with Gasteiger partial charge >= 0.3 is 6.03 Å². The summed E-state index contributed by atoms with van der Waals surface area (Å²) in [5.41, 5.74) is 0.00935. The highest BCUT2D eigenvalue weighted by atomic mass is 16.2. The van der Waals surface area contributed by atoms with E-state index in [2.05, 4.69) is 41.5 Å². The first-order valence-corrected chi connectivity index (χ1v) is 7.78. The second kappa shape index (κ2) is 6.24. The molecule has 3 amide bonds. The molecular formula is C16H31N3O2. The normalized spacial score (nSPS) is 20.0. The van der Waals surface area contributed by atoms with E-state index in [-0.39, 0.29) is 17.1 Å². The van der Waals surface area contributed by atoms with E-state index in [9.17, 15) is 9.59 Å². The largest absolute Gasteiger partial charge is 0.338 e. The molecule has 0 aromatic rings. The van der Waals surface area contributed by atoms with Crippen molar-refractivity contribution in [3.8, 4) is 0 Å². The van der Waals surface area contributed by atoms with Crippen LogP contribution in [0.3, 0.4) is 0 Å². The zero-order chi connectivity index (χ0) is 16.4. The van der Waals surface area contributed by atoms with Crippen molar-refractivity contribution < 1.29 is 9.59 Å². The van der Waals surface area contributed by atoms with E-state index in [0.717, 1.165) is 32.5 Å². The molecule has 122 valence electrons. The molecule has 5 nitrogen and oxygen atoms in total. The first-order chi connectivity index (χ1) is 9.44. The van der Waals surface area contributed by atoms with Gasteiger partial charge in [0.2, 0.25) is 5.91 Å². The van der Waals surface area contributed by atoms with Crippen molar-refractivity contribution in [2.24, 2.45) is 0 Å². The van der Waals surface area contributed by atoms with Crippen LogP contribution in [0.1, 0.15) is 54.4 Å². The minimum Gasteiger partial charge on any atom is -0.338 e. The van der Waals surface area contributed by atoms with Crippen molar-refractivity contribution in [2.45, 2.75) is 65.5 Å². The van der Waals surface area contributed by atoms with Crippen molar-refractivity contribution in [3.63, 3.8) is 0 Å². The molecule has 0 aliphatic carbocycles. The van der Waals surface area contributed by atoms with Gasteiger partial charge in [0.05, 0.1) is 0 Å². The van der Waals surface area contributed by atoms with E-state index in [1.807, 2.05) is 16.8 Å². The van der Waals surface area contributed by atoms with Crippen LogP contribution in [0, 0.1) is 0 Å². The average Bonchev–Trinajstić information content (AvgIpc) is 2.86. The zero-order valence-electron chi connectivity index (χ0n) is 14.7. The molecule has 0 saturated carbocycles. The molecule has 21 heavy (non-hydrogen) atoms. The Morgan fingerprint density at radius 2 is 1.33 bits per heavy atom.